The molecule has 0 aromatic heterocycles. The second-order valence-corrected chi connectivity index (χ2v) is 10.1. The van der Waals surface area contributed by atoms with Gasteiger partial charge in [-0.15, -0.1) is 0 Å². The van der Waals surface area contributed by atoms with Crippen LogP contribution in [0.15, 0.2) is 48.5 Å². The molecule has 1 saturated heterocycles. The van der Waals surface area contributed by atoms with Gasteiger partial charge in [0.05, 0.1) is 5.92 Å². The number of hydrogen-bond acceptors (Lipinski definition) is 4. The van der Waals surface area contributed by atoms with Gasteiger partial charge in [0.25, 0.3) is 0 Å². The zero-order valence-electron chi connectivity index (χ0n) is 20.0. The van der Waals surface area contributed by atoms with Gasteiger partial charge in [-0.3, -0.25) is 9.59 Å². The van der Waals surface area contributed by atoms with E-state index in [-0.39, 0.29) is 42.9 Å². The number of fused-ring (bicyclic) bond motifs is 3. The van der Waals surface area contributed by atoms with E-state index in [2.05, 4.69) is 29.6 Å². The van der Waals surface area contributed by atoms with Crippen molar-refractivity contribution in [3.05, 3.63) is 59.7 Å². The van der Waals surface area contributed by atoms with Crippen LogP contribution in [0.4, 0.5) is 4.79 Å². The first-order valence-corrected chi connectivity index (χ1v) is 12.6. The van der Waals surface area contributed by atoms with Crippen molar-refractivity contribution in [3.8, 4) is 11.1 Å². The summed E-state index contributed by atoms with van der Waals surface area (Å²) in [7, 11) is 0. The lowest BCUT2D eigenvalue weighted by molar-refractivity contribution is -0.147. The molecule has 7 heteroatoms. The van der Waals surface area contributed by atoms with Crippen LogP contribution in [-0.4, -0.2) is 53.2 Å². The Labute approximate surface area is 205 Å². The summed E-state index contributed by atoms with van der Waals surface area (Å²) in [5.41, 5.74) is 4.68. The Balaban J connectivity index is 1.19. The minimum atomic E-state index is -0.795. The van der Waals surface area contributed by atoms with E-state index in [4.69, 9.17) is 4.74 Å². The van der Waals surface area contributed by atoms with Crippen LogP contribution in [0.25, 0.3) is 11.1 Å². The Morgan fingerprint density at radius 3 is 2.23 bits per heavy atom. The van der Waals surface area contributed by atoms with E-state index < -0.39 is 18.0 Å². The van der Waals surface area contributed by atoms with Crippen LogP contribution in [0, 0.1) is 11.8 Å². The molecule has 2 N–H and O–H groups in total. The van der Waals surface area contributed by atoms with Crippen LogP contribution >= 0.6 is 0 Å². The number of amides is 2. The Hall–Kier alpha value is -3.35. The SMILES string of the molecule is CC1CC(C(=O)O)CCN1C(=O)CC(NC(=O)OCC1c2ccccc2-c2ccccc21)C1CC1. The third-order valence-corrected chi connectivity index (χ3v) is 7.78. The van der Waals surface area contributed by atoms with Gasteiger partial charge in [0, 0.05) is 31.0 Å². The van der Waals surface area contributed by atoms with Gasteiger partial charge in [-0.05, 0) is 60.8 Å². The summed E-state index contributed by atoms with van der Waals surface area (Å²) >= 11 is 0. The molecule has 5 rings (SSSR count). The van der Waals surface area contributed by atoms with Crippen LogP contribution in [-0.2, 0) is 14.3 Å². The Morgan fingerprint density at radius 1 is 1.03 bits per heavy atom. The summed E-state index contributed by atoms with van der Waals surface area (Å²) in [4.78, 5) is 38.9. The molecular weight excluding hydrogens is 444 g/mol. The smallest absolute Gasteiger partial charge is 0.407 e. The molecule has 1 heterocycles. The molecule has 2 amide bonds. The summed E-state index contributed by atoms with van der Waals surface area (Å²) < 4.78 is 5.70. The molecule has 3 unspecified atom stereocenters. The number of ether oxygens (including phenoxy) is 1. The van der Waals surface area contributed by atoms with Crippen molar-refractivity contribution >= 4 is 18.0 Å². The molecule has 2 aromatic carbocycles. The summed E-state index contributed by atoms with van der Waals surface area (Å²) in [5.74, 6) is -0.946. The van der Waals surface area contributed by atoms with Crippen molar-refractivity contribution in [1.29, 1.82) is 0 Å². The van der Waals surface area contributed by atoms with Crippen molar-refractivity contribution in [1.82, 2.24) is 10.2 Å². The minimum absolute atomic E-state index is 0.00876. The van der Waals surface area contributed by atoms with Gasteiger partial charge in [-0.2, -0.15) is 0 Å². The number of hydrogen-bond donors (Lipinski definition) is 2. The lowest BCUT2D eigenvalue weighted by atomic mass is 9.91. The fourth-order valence-electron chi connectivity index (χ4n) is 5.70. The summed E-state index contributed by atoms with van der Waals surface area (Å²) in [5, 5.41) is 12.2. The first-order chi connectivity index (χ1) is 16.9. The maximum absolute atomic E-state index is 13.0. The highest BCUT2D eigenvalue weighted by molar-refractivity contribution is 5.80. The fourth-order valence-corrected chi connectivity index (χ4v) is 5.70. The van der Waals surface area contributed by atoms with E-state index in [0.29, 0.717) is 19.4 Å². The molecule has 1 aliphatic heterocycles. The van der Waals surface area contributed by atoms with Crippen LogP contribution in [0.2, 0.25) is 0 Å². The van der Waals surface area contributed by atoms with E-state index in [9.17, 15) is 19.5 Å². The second-order valence-electron chi connectivity index (χ2n) is 10.1. The molecule has 1 saturated carbocycles. The van der Waals surface area contributed by atoms with Gasteiger partial charge in [0.1, 0.15) is 6.61 Å². The maximum Gasteiger partial charge on any atom is 0.407 e. The summed E-state index contributed by atoms with van der Waals surface area (Å²) in [6, 6.07) is 16.0. The molecule has 35 heavy (non-hydrogen) atoms. The van der Waals surface area contributed by atoms with Crippen molar-refractivity contribution < 1.29 is 24.2 Å². The lowest BCUT2D eigenvalue weighted by Crippen LogP contribution is -2.49. The quantitative estimate of drug-likeness (QED) is 0.617. The van der Waals surface area contributed by atoms with Gasteiger partial charge in [-0.25, -0.2) is 4.79 Å². The Kier molecular flexibility index (Phi) is 6.50. The first-order valence-electron chi connectivity index (χ1n) is 12.6. The third-order valence-electron chi connectivity index (χ3n) is 7.78. The number of carboxylic acids is 1. The van der Waals surface area contributed by atoms with Gasteiger partial charge in [-0.1, -0.05) is 48.5 Å². The minimum Gasteiger partial charge on any atom is -0.481 e. The monoisotopic (exact) mass is 476 g/mol. The van der Waals surface area contributed by atoms with Gasteiger partial charge < -0.3 is 20.1 Å². The number of carboxylic acid groups (broad SMARTS) is 1. The molecule has 3 aliphatic rings. The Morgan fingerprint density at radius 2 is 1.66 bits per heavy atom. The average molecular weight is 477 g/mol. The predicted octanol–water partition coefficient (Wildman–Crippen LogP) is 4.41. The van der Waals surface area contributed by atoms with E-state index in [1.54, 1.807) is 4.90 Å². The zero-order chi connectivity index (χ0) is 24.5. The van der Waals surface area contributed by atoms with Gasteiger partial charge in [0.15, 0.2) is 0 Å². The predicted molar refractivity (Wildman–Crippen MR) is 131 cm³/mol. The van der Waals surface area contributed by atoms with E-state index in [1.807, 2.05) is 31.2 Å². The number of benzene rings is 2. The largest absolute Gasteiger partial charge is 0.481 e. The number of nitrogens with zero attached hydrogens (tertiary/aromatic N) is 1. The van der Waals surface area contributed by atoms with E-state index in [0.717, 1.165) is 24.0 Å². The van der Waals surface area contributed by atoms with Gasteiger partial charge in [0.2, 0.25) is 5.91 Å². The topological polar surface area (TPSA) is 95.9 Å². The number of aliphatic carboxylic acids is 1. The van der Waals surface area contributed by atoms with E-state index in [1.165, 1.54) is 11.1 Å². The summed E-state index contributed by atoms with van der Waals surface area (Å²) in [6.07, 6.45) is 2.64. The first kappa shape index (κ1) is 23.4. The molecule has 0 spiro atoms. The van der Waals surface area contributed by atoms with Crippen LogP contribution in [0.5, 0.6) is 0 Å². The van der Waals surface area contributed by atoms with Crippen LogP contribution in [0.1, 0.15) is 56.1 Å². The number of carbonyl (C=O) groups excluding carboxylic acids is 2. The number of piperidine rings is 1. The molecule has 2 aromatic rings. The standard InChI is InChI=1S/C28H32N2O5/c1-17-14-19(27(32)33)12-13-30(17)26(31)15-25(18-10-11-18)29-28(34)35-16-24-22-8-4-2-6-20(22)21-7-3-5-9-23(21)24/h2-9,17-19,24-25H,10-16H2,1H3,(H,29,34)(H,32,33). The van der Waals surface area contributed by atoms with Crippen LogP contribution in [0.3, 0.4) is 0 Å². The average Bonchev–Trinajstić information content (AvgIpc) is 3.65. The highest BCUT2D eigenvalue weighted by Crippen LogP contribution is 2.44. The lowest BCUT2D eigenvalue weighted by Gasteiger charge is -2.37. The highest BCUT2D eigenvalue weighted by Gasteiger charge is 2.38. The molecule has 2 fully saturated rings. The third kappa shape index (κ3) is 4.90. The summed E-state index contributed by atoms with van der Waals surface area (Å²) in [6.45, 7) is 2.59. The molecule has 0 radical (unpaired) electrons. The van der Waals surface area contributed by atoms with Crippen LogP contribution < -0.4 is 5.32 Å². The number of likely N-dealkylation sites (tertiary alicyclic amines) is 1. The fraction of sp³-hybridized carbons (Fsp3) is 0.464. The molecule has 0 bridgehead atoms. The van der Waals surface area contributed by atoms with E-state index >= 15 is 0 Å². The number of carbonyl (C=O) groups is 3. The molecule has 7 nitrogen and oxygen atoms in total. The number of nitrogens with one attached hydrogen (secondary N) is 1. The Bertz CT molecular complexity index is 1080. The van der Waals surface area contributed by atoms with Crippen molar-refractivity contribution in [2.24, 2.45) is 11.8 Å². The maximum atomic E-state index is 13.0. The molecule has 184 valence electrons. The van der Waals surface area contributed by atoms with Crippen molar-refractivity contribution in [2.75, 3.05) is 13.2 Å². The zero-order valence-corrected chi connectivity index (χ0v) is 20.0. The highest BCUT2D eigenvalue weighted by atomic mass is 16.5. The number of alkyl carbamates (subject to hydrolysis) is 1. The van der Waals surface area contributed by atoms with Crippen molar-refractivity contribution in [2.45, 2.75) is 57.0 Å². The molecule has 3 atom stereocenters. The number of rotatable bonds is 7. The molecule has 2 aliphatic carbocycles. The van der Waals surface area contributed by atoms with Crippen molar-refractivity contribution in [3.63, 3.8) is 0 Å². The second kappa shape index (κ2) is 9.72. The normalized spacial score (nSPS) is 22.1. The molecular formula is C28H32N2O5. The van der Waals surface area contributed by atoms with Gasteiger partial charge >= 0.3 is 12.1 Å².